The molecule has 3 rings (SSSR count). The van der Waals surface area contributed by atoms with Crippen LogP contribution in [0.5, 0.6) is 0 Å². The summed E-state index contributed by atoms with van der Waals surface area (Å²) in [4.78, 5) is 40.1. The first-order chi connectivity index (χ1) is 13.3. The number of hydrogen-bond acceptors (Lipinski definition) is 3. The molecule has 0 fully saturated rings. The van der Waals surface area contributed by atoms with Crippen LogP contribution in [0.25, 0.3) is 0 Å². The van der Waals surface area contributed by atoms with Crippen LogP contribution in [0, 0.1) is 6.92 Å². The average molecular weight is 419 g/mol. The minimum absolute atomic E-state index is 0.0940. The Morgan fingerprint density at radius 2 is 1.79 bits per heavy atom. The average Bonchev–Trinajstić information content (AvgIpc) is 2.89. The molecule has 1 aliphatic rings. The quantitative estimate of drug-likeness (QED) is 0.655. The van der Waals surface area contributed by atoms with Crippen LogP contribution in [-0.4, -0.2) is 41.1 Å². The largest absolute Gasteiger partial charge is 0.341 e. The molecule has 3 amide bonds. The van der Waals surface area contributed by atoms with Crippen molar-refractivity contribution in [2.24, 2.45) is 0 Å². The van der Waals surface area contributed by atoms with Crippen molar-refractivity contribution in [3.05, 3.63) is 68.7 Å². The van der Waals surface area contributed by atoms with Crippen LogP contribution in [-0.2, 0) is 11.3 Å². The van der Waals surface area contributed by atoms with Crippen LogP contribution < -0.4 is 0 Å². The third-order valence-electron chi connectivity index (χ3n) is 4.76. The monoisotopic (exact) mass is 418 g/mol. The summed E-state index contributed by atoms with van der Waals surface area (Å²) < 4.78 is 0. The second-order valence-electron chi connectivity index (χ2n) is 6.88. The molecule has 0 radical (unpaired) electrons. The van der Waals surface area contributed by atoms with Crippen LogP contribution in [0.2, 0.25) is 10.0 Å². The number of benzene rings is 2. The van der Waals surface area contributed by atoms with Crippen LogP contribution in [0.1, 0.15) is 44.7 Å². The molecule has 0 spiro atoms. The molecule has 0 N–H and O–H groups in total. The van der Waals surface area contributed by atoms with E-state index in [1.807, 2.05) is 19.1 Å². The molecule has 146 valence electrons. The standard InChI is InChI=1S/C21H20Cl2N2O3/c1-13-8-9-15-16(11-13)21(28)25(20(15)27)10-4-7-18(26)24(2)12-14-5-3-6-17(22)19(14)23/h3,5-6,8-9,11H,4,7,10,12H2,1-2H3. The van der Waals surface area contributed by atoms with E-state index < -0.39 is 0 Å². The Kier molecular flexibility index (Phi) is 6.06. The highest BCUT2D eigenvalue weighted by atomic mass is 35.5. The maximum absolute atomic E-state index is 12.5. The van der Waals surface area contributed by atoms with Crippen LogP contribution in [0.4, 0.5) is 0 Å². The van der Waals surface area contributed by atoms with Crippen molar-refractivity contribution in [3.63, 3.8) is 0 Å². The summed E-state index contributed by atoms with van der Waals surface area (Å²) in [7, 11) is 1.68. The Hall–Kier alpha value is -2.37. The van der Waals surface area contributed by atoms with Crippen molar-refractivity contribution >= 4 is 40.9 Å². The van der Waals surface area contributed by atoms with Gasteiger partial charge < -0.3 is 4.90 Å². The summed E-state index contributed by atoms with van der Waals surface area (Å²) in [6, 6.07) is 10.5. The summed E-state index contributed by atoms with van der Waals surface area (Å²) in [5.41, 5.74) is 2.55. The molecule has 7 heteroatoms. The van der Waals surface area contributed by atoms with Gasteiger partial charge in [0.15, 0.2) is 0 Å². The highest BCUT2D eigenvalue weighted by Crippen LogP contribution is 2.27. The first-order valence-electron chi connectivity index (χ1n) is 8.93. The minimum atomic E-state index is -0.300. The Bertz CT molecular complexity index is 959. The topological polar surface area (TPSA) is 57.7 Å². The van der Waals surface area contributed by atoms with Gasteiger partial charge in [-0.1, -0.05) is 47.0 Å². The summed E-state index contributed by atoms with van der Waals surface area (Å²) in [6.07, 6.45) is 0.623. The van der Waals surface area contributed by atoms with Crippen LogP contribution >= 0.6 is 23.2 Å². The molecule has 2 aromatic rings. The van der Waals surface area contributed by atoms with Gasteiger partial charge in [-0.2, -0.15) is 0 Å². The molecule has 0 saturated heterocycles. The fourth-order valence-electron chi connectivity index (χ4n) is 3.20. The second kappa shape index (κ2) is 8.33. The molecule has 28 heavy (non-hydrogen) atoms. The summed E-state index contributed by atoms with van der Waals surface area (Å²) in [6.45, 7) is 2.43. The molecule has 5 nitrogen and oxygen atoms in total. The highest BCUT2D eigenvalue weighted by molar-refractivity contribution is 6.42. The summed E-state index contributed by atoms with van der Waals surface area (Å²) >= 11 is 12.2. The Morgan fingerprint density at radius 3 is 2.54 bits per heavy atom. The number of rotatable bonds is 6. The Labute approximate surface area is 173 Å². The number of fused-ring (bicyclic) bond motifs is 1. The molecule has 0 bridgehead atoms. The van der Waals surface area contributed by atoms with E-state index in [1.54, 1.807) is 36.2 Å². The van der Waals surface area contributed by atoms with Crippen molar-refractivity contribution in [2.45, 2.75) is 26.3 Å². The third-order valence-corrected chi connectivity index (χ3v) is 5.62. The van der Waals surface area contributed by atoms with Gasteiger partial charge >= 0.3 is 0 Å². The number of halogens is 2. The fraction of sp³-hybridized carbons (Fsp3) is 0.286. The lowest BCUT2D eigenvalue weighted by molar-refractivity contribution is -0.130. The molecule has 1 heterocycles. The van der Waals surface area contributed by atoms with Crippen molar-refractivity contribution in [2.75, 3.05) is 13.6 Å². The SMILES string of the molecule is Cc1ccc2c(c1)C(=O)N(CCCC(=O)N(C)Cc1cccc(Cl)c1Cl)C2=O. The van der Waals surface area contributed by atoms with E-state index in [9.17, 15) is 14.4 Å². The normalized spacial score (nSPS) is 13.1. The van der Waals surface area contributed by atoms with Crippen LogP contribution in [0.15, 0.2) is 36.4 Å². The van der Waals surface area contributed by atoms with Gasteiger partial charge in [0.1, 0.15) is 0 Å². The van der Waals surface area contributed by atoms with Gasteiger partial charge in [0.2, 0.25) is 5.91 Å². The van der Waals surface area contributed by atoms with E-state index in [0.717, 1.165) is 11.1 Å². The number of imide groups is 1. The molecular weight excluding hydrogens is 399 g/mol. The van der Waals surface area contributed by atoms with E-state index >= 15 is 0 Å². The zero-order valence-corrected chi connectivity index (χ0v) is 17.2. The van der Waals surface area contributed by atoms with E-state index in [0.29, 0.717) is 34.1 Å². The number of aryl methyl sites for hydroxylation is 1. The summed E-state index contributed by atoms with van der Waals surface area (Å²) in [5, 5.41) is 0.881. The highest BCUT2D eigenvalue weighted by Gasteiger charge is 2.35. The number of hydrogen-bond donors (Lipinski definition) is 0. The number of carbonyl (C=O) groups is 3. The van der Waals surface area contributed by atoms with Gasteiger partial charge in [-0.05, 0) is 37.1 Å². The van der Waals surface area contributed by atoms with Gasteiger partial charge in [0, 0.05) is 26.6 Å². The Morgan fingerprint density at radius 1 is 1.07 bits per heavy atom. The fourth-order valence-corrected chi connectivity index (χ4v) is 3.58. The van der Waals surface area contributed by atoms with Crippen molar-refractivity contribution in [3.8, 4) is 0 Å². The first-order valence-corrected chi connectivity index (χ1v) is 9.69. The molecular formula is C21H20Cl2N2O3. The van der Waals surface area contributed by atoms with Gasteiger partial charge in [-0.15, -0.1) is 0 Å². The van der Waals surface area contributed by atoms with Gasteiger partial charge in [0.05, 0.1) is 21.2 Å². The predicted molar refractivity (Wildman–Crippen MR) is 109 cm³/mol. The smallest absolute Gasteiger partial charge is 0.261 e. The van der Waals surface area contributed by atoms with Gasteiger partial charge in [-0.25, -0.2) is 0 Å². The second-order valence-corrected chi connectivity index (χ2v) is 7.66. The maximum Gasteiger partial charge on any atom is 0.261 e. The van der Waals surface area contributed by atoms with E-state index in [4.69, 9.17) is 23.2 Å². The zero-order chi connectivity index (χ0) is 20.4. The van der Waals surface area contributed by atoms with Gasteiger partial charge in [-0.3, -0.25) is 19.3 Å². The molecule has 0 atom stereocenters. The summed E-state index contributed by atoms with van der Waals surface area (Å²) in [5.74, 6) is -0.690. The zero-order valence-electron chi connectivity index (χ0n) is 15.7. The number of nitrogens with zero attached hydrogens (tertiary/aromatic N) is 2. The predicted octanol–water partition coefficient (Wildman–Crippen LogP) is 4.34. The molecule has 0 aromatic heterocycles. The maximum atomic E-state index is 12.5. The first kappa shape index (κ1) is 20.4. The van der Waals surface area contributed by atoms with E-state index in [-0.39, 0.29) is 30.7 Å². The lowest BCUT2D eigenvalue weighted by Crippen LogP contribution is -2.32. The lowest BCUT2D eigenvalue weighted by Gasteiger charge is -2.19. The minimum Gasteiger partial charge on any atom is -0.341 e. The van der Waals surface area contributed by atoms with Crippen molar-refractivity contribution in [1.29, 1.82) is 0 Å². The third kappa shape index (κ3) is 4.05. The molecule has 0 saturated carbocycles. The molecule has 2 aromatic carbocycles. The molecule has 1 aliphatic heterocycles. The lowest BCUT2D eigenvalue weighted by atomic mass is 10.1. The molecule has 0 unspecified atom stereocenters. The van der Waals surface area contributed by atoms with E-state index in [1.165, 1.54) is 4.90 Å². The molecule has 0 aliphatic carbocycles. The number of carbonyl (C=O) groups excluding carboxylic acids is 3. The van der Waals surface area contributed by atoms with E-state index in [2.05, 4.69) is 0 Å². The van der Waals surface area contributed by atoms with Gasteiger partial charge in [0.25, 0.3) is 11.8 Å². The van der Waals surface area contributed by atoms with Crippen molar-refractivity contribution in [1.82, 2.24) is 9.80 Å². The Balaban J connectivity index is 1.55. The van der Waals surface area contributed by atoms with Crippen LogP contribution in [0.3, 0.4) is 0 Å². The number of amides is 3. The van der Waals surface area contributed by atoms with Crippen molar-refractivity contribution < 1.29 is 14.4 Å².